The third-order valence-electron chi connectivity index (χ3n) is 3.02. The van der Waals surface area contributed by atoms with E-state index in [0.717, 1.165) is 6.42 Å². The van der Waals surface area contributed by atoms with Gasteiger partial charge < -0.3 is 25.2 Å². The highest BCUT2D eigenvalue weighted by Crippen LogP contribution is 2.25. The van der Waals surface area contributed by atoms with Crippen LogP contribution in [-0.4, -0.2) is 44.1 Å². The van der Waals surface area contributed by atoms with Crippen molar-refractivity contribution in [3.63, 3.8) is 0 Å². The molecule has 1 aromatic carbocycles. The molecule has 112 valence electrons. The highest BCUT2D eigenvalue weighted by molar-refractivity contribution is 5.91. The lowest BCUT2D eigenvalue weighted by Gasteiger charge is -2.14. The summed E-state index contributed by atoms with van der Waals surface area (Å²) in [6, 6.07) is 4.90. The van der Waals surface area contributed by atoms with Crippen molar-refractivity contribution in [1.82, 2.24) is 5.32 Å². The summed E-state index contributed by atoms with van der Waals surface area (Å²) in [7, 11) is 1.53. The first-order valence-electron chi connectivity index (χ1n) is 6.66. The van der Waals surface area contributed by atoms with Gasteiger partial charge in [-0.3, -0.25) is 0 Å². The molecular weight excluding hydrogens is 272 g/mol. The number of aliphatic hydroxyl groups is 1. The molecule has 1 unspecified atom stereocenters. The molecule has 1 saturated heterocycles. The molecule has 1 aliphatic rings. The van der Waals surface area contributed by atoms with Crippen molar-refractivity contribution in [2.45, 2.75) is 12.5 Å². The van der Waals surface area contributed by atoms with Gasteiger partial charge in [0.05, 0.1) is 25.4 Å². The van der Waals surface area contributed by atoms with Crippen molar-refractivity contribution >= 4 is 11.7 Å². The molecule has 0 aromatic heterocycles. The Morgan fingerprint density at radius 1 is 1.57 bits per heavy atom. The summed E-state index contributed by atoms with van der Waals surface area (Å²) in [5, 5.41) is 14.3. The lowest BCUT2D eigenvalue weighted by Crippen LogP contribution is -2.38. The Morgan fingerprint density at radius 2 is 2.43 bits per heavy atom. The van der Waals surface area contributed by atoms with Crippen molar-refractivity contribution < 1.29 is 19.4 Å². The second kappa shape index (κ2) is 7.53. The van der Waals surface area contributed by atoms with E-state index >= 15 is 0 Å². The number of urea groups is 1. The maximum Gasteiger partial charge on any atom is 0.319 e. The summed E-state index contributed by atoms with van der Waals surface area (Å²) >= 11 is 0. The van der Waals surface area contributed by atoms with E-state index in [-0.39, 0.29) is 18.7 Å². The van der Waals surface area contributed by atoms with Crippen LogP contribution >= 0.6 is 0 Å². The van der Waals surface area contributed by atoms with E-state index in [1.165, 1.54) is 7.11 Å². The molecule has 3 N–H and O–H groups in total. The van der Waals surface area contributed by atoms with Crippen LogP contribution in [0.4, 0.5) is 10.5 Å². The fraction of sp³-hybridized carbons (Fsp3) is 0.400. The van der Waals surface area contributed by atoms with Crippen LogP contribution in [0.25, 0.3) is 0 Å². The molecule has 0 aliphatic carbocycles. The summed E-state index contributed by atoms with van der Waals surface area (Å²) in [5.41, 5.74) is 1.21. The summed E-state index contributed by atoms with van der Waals surface area (Å²) < 4.78 is 10.4. The minimum Gasteiger partial charge on any atom is -0.495 e. The Morgan fingerprint density at radius 3 is 3.10 bits per heavy atom. The summed E-state index contributed by atoms with van der Waals surface area (Å²) in [5.74, 6) is 5.89. The topological polar surface area (TPSA) is 79.8 Å². The molecule has 21 heavy (non-hydrogen) atoms. The number of carbonyl (C=O) groups excluding carboxylic acids is 1. The fourth-order valence-electron chi connectivity index (χ4n) is 2.02. The van der Waals surface area contributed by atoms with E-state index in [4.69, 9.17) is 14.6 Å². The normalized spacial score (nSPS) is 16.8. The summed E-state index contributed by atoms with van der Waals surface area (Å²) in [6.07, 6.45) is 0.812. The molecule has 0 radical (unpaired) electrons. The highest BCUT2D eigenvalue weighted by Gasteiger charge is 2.18. The number of anilines is 1. The zero-order chi connectivity index (χ0) is 15.1. The first kappa shape index (κ1) is 15.2. The first-order valence-corrected chi connectivity index (χ1v) is 6.66. The Labute approximate surface area is 123 Å². The predicted molar refractivity (Wildman–Crippen MR) is 78.3 cm³/mol. The Kier molecular flexibility index (Phi) is 5.43. The van der Waals surface area contributed by atoms with E-state index in [1.54, 1.807) is 18.2 Å². The van der Waals surface area contributed by atoms with Crippen LogP contribution < -0.4 is 15.4 Å². The number of aliphatic hydroxyl groups excluding tert-OH is 1. The molecule has 2 amide bonds. The molecule has 0 spiro atoms. The number of hydrogen-bond donors (Lipinski definition) is 3. The molecular formula is C15H18N2O4. The molecule has 2 rings (SSSR count). The van der Waals surface area contributed by atoms with Gasteiger partial charge in [0.2, 0.25) is 0 Å². The van der Waals surface area contributed by atoms with Crippen LogP contribution in [0, 0.1) is 11.8 Å². The van der Waals surface area contributed by atoms with Crippen LogP contribution in [0.1, 0.15) is 12.0 Å². The zero-order valence-corrected chi connectivity index (χ0v) is 11.8. The van der Waals surface area contributed by atoms with E-state index in [9.17, 15) is 4.79 Å². The van der Waals surface area contributed by atoms with Crippen molar-refractivity contribution in [2.75, 3.05) is 32.2 Å². The smallest absolute Gasteiger partial charge is 0.319 e. The second-order valence-electron chi connectivity index (χ2n) is 4.53. The largest absolute Gasteiger partial charge is 0.495 e. The fourth-order valence-corrected chi connectivity index (χ4v) is 2.02. The molecule has 1 aromatic rings. The Bertz CT molecular complexity index is 557. The monoisotopic (exact) mass is 290 g/mol. The number of carbonyl (C=O) groups is 1. The van der Waals surface area contributed by atoms with Gasteiger partial charge in [-0.1, -0.05) is 11.8 Å². The lowest BCUT2D eigenvalue weighted by molar-refractivity contribution is 0.189. The van der Waals surface area contributed by atoms with Gasteiger partial charge in [0, 0.05) is 12.2 Å². The minimum absolute atomic E-state index is 0.0355. The maximum atomic E-state index is 12.0. The Hall–Kier alpha value is -2.23. The van der Waals surface area contributed by atoms with Crippen molar-refractivity contribution in [3.05, 3.63) is 23.8 Å². The third-order valence-corrected chi connectivity index (χ3v) is 3.02. The zero-order valence-electron chi connectivity index (χ0n) is 11.8. The average molecular weight is 290 g/mol. The van der Waals surface area contributed by atoms with Crippen LogP contribution in [0.2, 0.25) is 0 Å². The van der Waals surface area contributed by atoms with Crippen molar-refractivity contribution in [3.8, 4) is 17.6 Å². The quantitative estimate of drug-likeness (QED) is 0.724. The number of rotatable bonds is 3. The van der Waals surface area contributed by atoms with Gasteiger partial charge in [-0.2, -0.15) is 0 Å². The number of benzene rings is 1. The van der Waals surface area contributed by atoms with Crippen molar-refractivity contribution in [1.29, 1.82) is 0 Å². The van der Waals surface area contributed by atoms with Crippen LogP contribution in [0.5, 0.6) is 5.75 Å². The molecule has 0 saturated carbocycles. The van der Waals surface area contributed by atoms with E-state index < -0.39 is 0 Å². The predicted octanol–water partition coefficient (Wildman–Crippen LogP) is 0.949. The molecule has 1 atom stereocenters. The van der Waals surface area contributed by atoms with E-state index in [2.05, 4.69) is 22.5 Å². The molecule has 1 aliphatic heterocycles. The van der Waals surface area contributed by atoms with Gasteiger partial charge in [-0.25, -0.2) is 4.79 Å². The van der Waals surface area contributed by atoms with E-state index in [0.29, 0.717) is 30.2 Å². The van der Waals surface area contributed by atoms with Crippen LogP contribution in [0.15, 0.2) is 18.2 Å². The molecule has 0 bridgehead atoms. The Balaban J connectivity index is 2.07. The molecule has 1 fully saturated rings. The SMILES string of the molecule is COc1ccc(C#CCO)cc1NC(=O)NC1CCOC1. The molecule has 1 heterocycles. The number of hydrogen-bond acceptors (Lipinski definition) is 4. The lowest BCUT2D eigenvalue weighted by atomic mass is 10.2. The summed E-state index contributed by atoms with van der Waals surface area (Å²) in [4.78, 5) is 12.0. The number of methoxy groups -OCH3 is 1. The van der Waals surface area contributed by atoms with Crippen molar-refractivity contribution in [2.24, 2.45) is 0 Å². The standard InChI is InChI=1S/C15H18N2O4/c1-20-14-5-4-11(3-2-7-18)9-13(14)17-15(19)16-12-6-8-21-10-12/h4-5,9,12,18H,6-8,10H2,1H3,(H2,16,17,19). The van der Waals surface area contributed by atoms with E-state index in [1.807, 2.05) is 0 Å². The van der Waals surface area contributed by atoms with Gasteiger partial charge in [0.15, 0.2) is 0 Å². The number of amides is 2. The highest BCUT2D eigenvalue weighted by atomic mass is 16.5. The van der Waals surface area contributed by atoms with Gasteiger partial charge in [0.1, 0.15) is 12.4 Å². The molecule has 6 heteroatoms. The minimum atomic E-state index is -0.309. The second-order valence-corrected chi connectivity index (χ2v) is 4.53. The van der Waals surface area contributed by atoms with Crippen LogP contribution in [-0.2, 0) is 4.74 Å². The number of ether oxygens (including phenoxy) is 2. The number of nitrogens with one attached hydrogen (secondary N) is 2. The molecule has 6 nitrogen and oxygen atoms in total. The van der Waals surface area contributed by atoms with Gasteiger partial charge >= 0.3 is 6.03 Å². The van der Waals surface area contributed by atoms with Gasteiger partial charge in [-0.05, 0) is 24.6 Å². The summed E-state index contributed by atoms with van der Waals surface area (Å²) in [6.45, 7) is 0.990. The average Bonchev–Trinajstić information content (AvgIpc) is 2.98. The van der Waals surface area contributed by atoms with Gasteiger partial charge in [-0.15, -0.1) is 0 Å². The maximum absolute atomic E-state index is 12.0. The van der Waals surface area contributed by atoms with Crippen LogP contribution in [0.3, 0.4) is 0 Å². The third kappa shape index (κ3) is 4.38. The first-order chi connectivity index (χ1) is 10.2. The van der Waals surface area contributed by atoms with Gasteiger partial charge in [0.25, 0.3) is 0 Å².